The monoisotopic (exact) mass is 379 g/mol. The number of non-ortho nitro benzene ring substituents is 1. The first-order valence-electron chi connectivity index (χ1n) is 8.88. The molecule has 28 heavy (non-hydrogen) atoms. The summed E-state index contributed by atoms with van der Waals surface area (Å²) in [6.07, 6.45) is -0.366. The summed E-state index contributed by atoms with van der Waals surface area (Å²) < 4.78 is 23.8. The third kappa shape index (κ3) is 2.16. The smallest absolute Gasteiger partial charge is 0.269 e. The summed E-state index contributed by atoms with van der Waals surface area (Å²) >= 11 is 0. The molecule has 0 aliphatic carbocycles. The molecule has 7 nitrogen and oxygen atoms in total. The van der Waals surface area contributed by atoms with Crippen molar-refractivity contribution in [3.05, 3.63) is 63.7 Å². The zero-order chi connectivity index (χ0) is 19.4. The molecular weight excluding hydrogens is 362 g/mol. The van der Waals surface area contributed by atoms with Crippen molar-refractivity contribution in [2.45, 2.75) is 12.0 Å². The highest BCUT2D eigenvalue weighted by atomic mass is 16.6. The normalized spacial score (nSPS) is 19.1. The lowest BCUT2D eigenvalue weighted by Gasteiger charge is -2.31. The molecule has 0 saturated heterocycles. The van der Waals surface area contributed by atoms with Crippen LogP contribution in [0.1, 0.15) is 23.1 Å². The molecular formula is C21H17NO6. The largest absolute Gasteiger partial charge is 0.496 e. The molecule has 2 heterocycles. The second kappa shape index (κ2) is 6.02. The number of nitro benzene ring substituents is 1. The number of rotatable bonds is 3. The summed E-state index contributed by atoms with van der Waals surface area (Å²) in [6.45, 7) is 0.337. The first-order valence-corrected chi connectivity index (χ1v) is 8.88. The number of fused-ring (bicyclic) bond motifs is 6. The van der Waals surface area contributed by atoms with Gasteiger partial charge in [0.2, 0.25) is 0 Å². The maximum Gasteiger partial charge on any atom is 0.269 e. The van der Waals surface area contributed by atoms with Gasteiger partial charge in [-0.3, -0.25) is 10.1 Å². The number of nitro groups is 1. The molecule has 0 N–H and O–H groups in total. The van der Waals surface area contributed by atoms with E-state index in [0.29, 0.717) is 29.6 Å². The number of methoxy groups -OCH3 is 2. The molecule has 0 amide bonds. The number of hydrogen-bond donors (Lipinski definition) is 0. The third-order valence-electron chi connectivity index (χ3n) is 5.43. The minimum atomic E-state index is -0.400. The zero-order valence-corrected chi connectivity index (χ0v) is 15.3. The Morgan fingerprint density at radius 2 is 1.79 bits per heavy atom. The Balaban J connectivity index is 1.74. The predicted molar refractivity (Wildman–Crippen MR) is 102 cm³/mol. The Morgan fingerprint density at radius 1 is 1.07 bits per heavy atom. The Labute approximate surface area is 160 Å². The lowest BCUT2D eigenvalue weighted by atomic mass is 9.87. The molecule has 0 unspecified atom stereocenters. The fraction of sp³-hybridized carbons (Fsp3) is 0.238. The van der Waals surface area contributed by atoms with E-state index in [4.69, 9.17) is 18.9 Å². The van der Waals surface area contributed by atoms with Gasteiger partial charge in [-0.1, -0.05) is 24.3 Å². The van der Waals surface area contributed by atoms with Gasteiger partial charge in [0.15, 0.2) is 11.5 Å². The number of ether oxygens (including phenoxy) is 4. The summed E-state index contributed by atoms with van der Waals surface area (Å²) in [7, 11) is 3.22. The van der Waals surface area contributed by atoms with Crippen LogP contribution in [0.2, 0.25) is 0 Å². The van der Waals surface area contributed by atoms with Gasteiger partial charge in [-0.05, 0) is 6.07 Å². The van der Waals surface area contributed by atoms with E-state index in [2.05, 4.69) is 0 Å². The molecule has 142 valence electrons. The summed E-state index contributed by atoms with van der Waals surface area (Å²) in [5, 5.41) is 13.0. The van der Waals surface area contributed by atoms with Gasteiger partial charge in [-0.15, -0.1) is 0 Å². The van der Waals surface area contributed by atoms with Crippen LogP contribution < -0.4 is 18.9 Å². The maximum absolute atomic E-state index is 11.2. The van der Waals surface area contributed by atoms with Gasteiger partial charge in [0.25, 0.3) is 5.69 Å². The molecule has 0 fully saturated rings. The van der Waals surface area contributed by atoms with E-state index < -0.39 is 4.92 Å². The van der Waals surface area contributed by atoms with Gasteiger partial charge >= 0.3 is 0 Å². The van der Waals surface area contributed by atoms with Gasteiger partial charge in [0, 0.05) is 28.5 Å². The number of hydrogen-bond acceptors (Lipinski definition) is 6. The van der Waals surface area contributed by atoms with Crippen molar-refractivity contribution in [3.8, 4) is 23.0 Å². The van der Waals surface area contributed by atoms with Crippen molar-refractivity contribution in [1.82, 2.24) is 0 Å². The summed E-state index contributed by atoms with van der Waals surface area (Å²) in [5.74, 6) is 2.37. The predicted octanol–water partition coefficient (Wildman–Crippen LogP) is 4.37. The van der Waals surface area contributed by atoms with Crippen LogP contribution in [0.4, 0.5) is 5.69 Å². The van der Waals surface area contributed by atoms with Crippen molar-refractivity contribution >= 4 is 16.5 Å². The topological polar surface area (TPSA) is 80.1 Å². The van der Waals surface area contributed by atoms with E-state index in [1.165, 1.54) is 6.07 Å². The minimum Gasteiger partial charge on any atom is -0.496 e. The Morgan fingerprint density at radius 3 is 2.46 bits per heavy atom. The van der Waals surface area contributed by atoms with Crippen molar-refractivity contribution in [2.75, 3.05) is 20.8 Å². The molecule has 2 atom stereocenters. The first-order chi connectivity index (χ1) is 13.6. The van der Waals surface area contributed by atoms with E-state index in [9.17, 15) is 10.1 Å². The molecule has 2 aliphatic rings. The third-order valence-corrected chi connectivity index (χ3v) is 5.43. The van der Waals surface area contributed by atoms with Gasteiger partial charge < -0.3 is 18.9 Å². The fourth-order valence-electron chi connectivity index (χ4n) is 4.24. The Hall–Kier alpha value is -3.48. The molecule has 0 saturated carbocycles. The van der Waals surface area contributed by atoms with Crippen LogP contribution in [0.15, 0.2) is 42.5 Å². The minimum absolute atomic E-state index is 0.0388. The second-order valence-electron chi connectivity index (χ2n) is 6.79. The van der Waals surface area contributed by atoms with E-state index in [-0.39, 0.29) is 17.7 Å². The average Bonchev–Trinajstić information content (AvgIpc) is 3.09. The van der Waals surface area contributed by atoms with E-state index in [1.807, 2.05) is 24.3 Å². The van der Waals surface area contributed by atoms with Crippen LogP contribution in [0, 0.1) is 10.1 Å². The van der Waals surface area contributed by atoms with Crippen LogP contribution in [-0.4, -0.2) is 25.7 Å². The highest BCUT2D eigenvalue weighted by Gasteiger charge is 2.45. The van der Waals surface area contributed by atoms with Crippen LogP contribution in [-0.2, 0) is 0 Å². The van der Waals surface area contributed by atoms with Gasteiger partial charge in [0.1, 0.15) is 17.6 Å². The quantitative estimate of drug-likeness (QED) is 0.496. The SMILES string of the molecule is COc1c2c(c(OC)c3ccccc13)[C@@H]1Oc3ccc([N+](=O)[O-])cc3[C@@H]1CO2. The number of nitrogens with zero attached hydrogens (tertiary/aromatic N) is 1. The molecule has 3 aromatic carbocycles. The van der Waals surface area contributed by atoms with E-state index in [0.717, 1.165) is 21.9 Å². The molecule has 5 rings (SSSR count). The highest BCUT2D eigenvalue weighted by molar-refractivity contribution is 5.97. The standard InChI is InChI=1S/C21H17NO6/c1-25-18-12-5-3-4-6-13(12)20(26-2)21-17(18)19-15(10-27-21)14-9-11(22(23)24)7-8-16(14)28-19/h3-9,15,19H,10H2,1-2H3/t15-,19+/m0/s1. The molecule has 0 aromatic heterocycles. The molecule has 7 heteroatoms. The van der Waals surface area contributed by atoms with Crippen molar-refractivity contribution in [2.24, 2.45) is 0 Å². The highest BCUT2D eigenvalue weighted by Crippen LogP contribution is 2.58. The van der Waals surface area contributed by atoms with Crippen LogP contribution >= 0.6 is 0 Å². The molecule has 0 radical (unpaired) electrons. The van der Waals surface area contributed by atoms with Crippen LogP contribution in [0.5, 0.6) is 23.0 Å². The fourth-order valence-corrected chi connectivity index (χ4v) is 4.24. The Bertz CT molecular complexity index is 1130. The van der Waals surface area contributed by atoms with Crippen molar-refractivity contribution in [3.63, 3.8) is 0 Å². The van der Waals surface area contributed by atoms with E-state index in [1.54, 1.807) is 26.4 Å². The van der Waals surface area contributed by atoms with Crippen LogP contribution in [0.3, 0.4) is 0 Å². The zero-order valence-electron chi connectivity index (χ0n) is 15.3. The Kier molecular flexibility index (Phi) is 3.58. The summed E-state index contributed by atoms with van der Waals surface area (Å²) in [4.78, 5) is 10.8. The van der Waals surface area contributed by atoms with Crippen LogP contribution in [0.25, 0.3) is 10.8 Å². The summed E-state index contributed by atoms with van der Waals surface area (Å²) in [5.41, 5.74) is 1.59. The second-order valence-corrected chi connectivity index (χ2v) is 6.79. The summed E-state index contributed by atoms with van der Waals surface area (Å²) in [6, 6.07) is 12.5. The van der Waals surface area contributed by atoms with Gasteiger partial charge in [-0.25, -0.2) is 0 Å². The molecule has 2 aliphatic heterocycles. The van der Waals surface area contributed by atoms with Gasteiger partial charge in [-0.2, -0.15) is 0 Å². The van der Waals surface area contributed by atoms with Crippen molar-refractivity contribution < 1.29 is 23.9 Å². The maximum atomic E-state index is 11.2. The van der Waals surface area contributed by atoms with Gasteiger partial charge in [0.05, 0.1) is 37.2 Å². The molecule has 0 bridgehead atoms. The lowest BCUT2D eigenvalue weighted by molar-refractivity contribution is -0.384. The first kappa shape index (κ1) is 16.7. The lowest BCUT2D eigenvalue weighted by Crippen LogP contribution is -2.24. The van der Waals surface area contributed by atoms with Crippen molar-refractivity contribution in [1.29, 1.82) is 0 Å². The number of benzene rings is 3. The molecule has 3 aromatic rings. The molecule has 0 spiro atoms. The average molecular weight is 379 g/mol. The van der Waals surface area contributed by atoms with E-state index >= 15 is 0 Å².